The van der Waals surface area contributed by atoms with Crippen LogP contribution in [0.1, 0.15) is 47.5 Å². The quantitative estimate of drug-likeness (QED) is 0.556. The molecule has 0 nitrogen and oxygen atoms in total. The Hall–Kier alpha value is 0. The summed E-state index contributed by atoms with van der Waals surface area (Å²) in [5, 5.41) is 0. The van der Waals surface area contributed by atoms with Crippen molar-refractivity contribution >= 4 is 0 Å². The van der Waals surface area contributed by atoms with E-state index in [4.69, 9.17) is 0 Å². The van der Waals surface area contributed by atoms with Crippen molar-refractivity contribution in [3.63, 3.8) is 0 Å². The van der Waals surface area contributed by atoms with Crippen molar-refractivity contribution in [1.29, 1.82) is 0 Å². The summed E-state index contributed by atoms with van der Waals surface area (Å²) in [6.45, 7) is 12.1. The van der Waals surface area contributed by atoms with Crippen LogP contribution in [0.25, 0.3) is 0 Å². The minimum absolute atomic E-state index is 0.946. The van der Waals surface area contributed by atoms with E-state index in [1.807, 2.05) is 0 Å². The third-order valence-corrected chi connectivity index (χ3v) is 4.36. The molecule has 0 bridgehead atoms. The first-order chi connectivity index (χ1) is 5.57. The molecule has 12 heavy (non-hydrogen) atoms. The standard InChI is InChI=1S/C12H24/c1-6-12-10(4)8(2)7-9(3)11(12)5/h8-12H,6-7H2,1-5H3/t8-,9?,10-,11+,12?/m0/s1. The maximum Gasteiger partial charge on any atom is -0.0360 e. The van der Waals surface area contributed by atoms with E-state index in [-0.39, 0.29) is 0 Å². The van der Waals surface area contributed by atoms with Crippen molar-refractivity contribution < 1.29 is 0 Å². The van der Waals surface area contributed by atoms with E-state index in [0.717, 1.165) is 29.6 Å². The van der Waals surface area contributed by atoms with Gasteiger partial charge in [-0.1, -0.05) is 41.0 Å². The fourth-order valence-corrected chi connectivity index (χ4v) is 3.08. The molecule has 0 aromatic heterocycles. The molecule has 0 spiro atoms. The Morgan fingerprint density at radius 2 is 1.33 bits per heavy atom. The van der Waals surface area contributed by atoms with Crippen molar-refractivity contribution in [2.45, 2.75) is 47.5 Å². The Morgan fingerprint density at radius 1 is 0.917 bits per heavy atom. The molecule has 2 unspecified atom stereocenters. The van der Waals surface area contributed by atoms with E-state index >= 15 is 0 Å². The highest BCUT2D eigenvalue weighted by molar-refractivity contribution is 4.84. The summed E-state index contributed by atoms with van der Waals surface area (Å²) >= 11 is 0. The number of hydrogen-bond acceptors (Lipinski definition) is 0. The van der Waals surface area contributed by atoms with Gasteiger partial charge >= 0.3 is 0 Å². The fourth-order valence-electron chi connectivity index (χ4n) is 3.08. The highest BCUT2D eigenvalue weighted by Gasteiger charge is 2.34. The first-order valence-electron chi connectivity index (χ1n) is 5.57. The lowest BCUT2D eigenvalue weighted by Gasteiger charge is -2.42. The van der Waals surface area contributed by atoms with E-state index < -0.39 is 0 Å². The molecule has 0 heterocycles. The molecule has 0 aromatic carbocycles. The molecule has 1 fully saturated rings. The molecule has 5 atom stereocenters. The minimum atomic E-state index is 0.946. The monoisotopic (exact) mass is 168 g/mol. The molecule has 1 rings (SSSR count). The van der Waals surface area contributed by atoms with Gasteiger partial charge in [0.15, 0.2) is 0 Å². The third-order valence-electron chi connectivity index (χ3n) is 4.36. The molecular formula is C12H24. The molecule has 1 aliphatic rings. The third kappa shape index (κ3) is 1.67. The topological polar surface area (TPSA) is 0 Å². The summed E-state index contributed by atoms with van der Waals surface area (Å²) in [6, 6.07) is 0. The Bertz CT molecular complexity index is 125. The first kappa shape index (κ1) is 10.1. The van der Waals surface area contributed by atoms with Gasteiger partial charge in [-0.2, -0.15) is 0 Å². The van der Waals surface area contributed by atoms with Crippen LogP contribution >= 0.6 is 0 Å². The summed E-state index contributed by atoms with van der Waals surface area (Å²) in [5.74, 6) is 4.76. The van der Waals surface area contributed by atoms with Crippen molar-refractivity contribution in [2.24, 2.45) is 29.6 Å². The maximum absolute atomic E-state index is 2.45. The number of hydrogen-bond donors (Lipinski definition) is 0. The van der Waals surface area contributed by atoms with Crippen LogP contribution in [-0.2, 0) is 0 Å². The zero-order valence-corrected chi connectivity index (χ0v) is 9.30. The van der Waals surface area contributed by atoms with E-state index in [9.17, 15) is 0 Å². The van der Waals surface area contributed by atoms with Crippen LogP contribution < -0.4 is 0 Å². The Labute approximate surface area is 77.7 Å². The van der Waals surface area contributed by atoms with Gasteiger partial charge in [-0.05, 0) is 36.0 Å². The molecular weight excluding hydrogens is 144 g/mol. The van der Waals surface area contributed by atoms with E-state index in [2.05, 4.69) is 34.6 Å². The number of rotatable bonds is 1. The SMILES string of the molecule is CCC1[C@H](C)C(C)C[C@H](C)[C@@H]1C. The molecule has 1 aliphatic carbocycles. The second-order valence-corrected chi connectivity index (χ2v) is 4.98. The van der Waals surface area contributed by atoms with Crippen LogP contribution in [0.5, 0.6) is 0 Å². The van der Waals surface area contributed by atoms with Crippen molar-refractivity contribution in [1.82, 2.24) is 0 Å². The van der Waals surface area contributed by atoms with E-state index in [1.165, 1.54) is 12.8 Å². The molecule has 0 aliphatic heterocycles. The lowest BCUT2D eigenvalue weighted by molar-refractivity contribution is 0.0703. The molecule has 0 radical (unpaired) electrons. The molecule has 0 heteroatoms. The first-order valence-corrected chi connectivity index (χ1v) is 5.57. The zero-order valence-electron chi connectivity index (χ0n) is 9.30. The van der Waals surface area contributed by atoms with Gasteiger partial charge in [0.05, 0.1) is 0 Å². The van der Waals surface area contributed by atoms with Gasteiger partial charge in [0.2, 0.25) is 0 Å². The Kier molecular flexibility index (Phi) is 3.20. The molecule has 1 saturated carbocycles. The van der Waals surface area contributed by atoms with Crippen LogP contribution in [0.3, 0.4) is 0 Å². The van der Waals surface area contributed by atoms with Gasteiger partial charge < -0.3 is 0 Å². The molecule has 0 saturated heterocycles. The average Bonchev–Trinajstić information content (AvgIpc) is 2.02. The maximum atomic E-state index is 2.45. The van der Waals surface area contributed by atoms with Gasteiger partial charge in [0, 0.05) is 0 Å². The van der Waals surface area contributed by atoms with Crippen molar-refractivity contribution in [3.8, 4) is 0 Å². The van der Waals surface area contributed by atoms with Crippen LogP contribution in [0, 0.1) is 29.6 Å². The highest BCUT2D eigenvalue weighted by atomic mass is 14.4. The van der Waals surface area contributed by atoms with Crippen LogP contribution in [0.15, 0.2) is 0 Å². The smallest absolute Gasteiger partial charge is 0.0360 e. The van der Waals surface area contributed by atoms with Gasteiger partial charge in [-0.15, -0.1) is 0 Å². The van der Waals surface area contributed by atoms with Crippen molar-refractivity contribution in [3.05, 3.63) is 0 Å². The summed E-state index contributed by atoms with van der Waals surface area (Å²) in [7, 11) is 0. The summed E-state index contributed by atoms with van der Waals surface area (Å²) < 4.78 is 0. The lowest BCUT2D eigenvalue weighted by atomic mass is 9.63. The largest absolute Gasteiger partial charge is 0.0651 e. The molecule has 72 valence electrons. The highest BCUT2D eigenvalue weighted by Crippen LogP contribution is 2.42. The van der Waals surface area contributed by atoms with Crippen molar-refractivity contribution in [2.75, 3.05) is 0 Å². The minimum Gasteiger partial charge on any atom is -0.0651 e. The van der Waals surface area contributed by atoms with Gasteiger partial charge in [-0.25, -0.2) is 0 Å². The second-order valence-electron chi connectivity index (χ2n) is 4.98. The van der Waals surface area contributed by atoms with Gasteiger partial charge in [0.1, 0.15) is 0 Å². The summed E-state index contributed by atoms with van der Waals surface area (Å²) in [6.07, 6.45) is 2.82. The molecule has 0 N–H and O–H groups in total. The van der Waals surface area contributed by atoms with Crippen LogP contribution in [-0.4, -0.2) is 0 Å². The van der Waals surface area contributed by atoms with Gasteiger partial charge in [-0.3, -0.25) is 0 Å². The summed E-state index contributed by atoms with van der Waals surface area (Å²) in [4.78, 5) is 0. The fraction of sp³-hybridized carbons (Fsp3) is 1.00. The summed E-state index contributed by atoms with van der Waals surface area (Å²) in [5.41, 5.74) is 0. The molecule has 0 aromatic rings. The predicted molar refractivity (Wildman–Crippen MR) is 55.1 cm³/mol. The van der Waals surface area contributed by atoms with Crippen LogP contribution in [0.2, 0.25) is 0 Å². The van der Waals surface area contributed by atoms with Gasteiger partial charge in [0.25, 0.3) is 0 Å². The zero-order chi connectivity index (χ0) is 9.30. The lowest BCUT2D eigenvalue weighted by Crippen LogP contribution is -2.35. The second kappa shape index (κ2) is 3.81. The van der Waals surface area contributed by atoms with E-state index in [0.29, 0.717) is 0 Å². The normalized spacial score (nSPS) is 49.2. The van der Waals surface area contributed by atoms with Crippen LogP contribution in [0.4, 0.5) is 0 Å². The Morgan fingerprint density at radius 3 is 1.67 bits per heavy atom. The molecule has 0 amide bonds. The van der Waals surface area contributed by atoms with E-state index in [1.54, 1.807) is 0 Å². The average molecular weight is 168 g/mol. The predicted octanol–water partition coefficient (Wildman–Crippen LogP) is 3.96. The Balaban J connectivity index is 2.67.